The van der Waals surface area contributed by atoms with E-state index >= 15 is 0 Å². The Balaban J connectivity index is 2.08. The van der Waals surface area contributed by atoms with Crippen molar-refractivity contribution in [3.63, 3.8) is 0 Å². The summed E-state index contributed by atoms with van der Waals surface area (Å²) in [6.45, 7) is 3.13. The SMILES string of the molecule is Cc1ccccc1CN1CC(N=C=O)CC1=O. The van der Waals surface area contributed by atoms with Crippen LogP contribution >= 0.6 is 0 Å². The molecule has 1 unspecified atom stereocenters. The normalized spacial score (nSPS) is 19.2. The predicted octanol–water partition coefficient (Wildman–Crippen LogP) is 1.43. The number of nitrogens with zero attached hydrogens (tertiary/aromatic N) is 2. The Labute approximate surface area is 100.0 Å². The first-order valence-electron chi connectivity index (χ1n) is 5.60. The van der Waals surface area contributed by atoms with Crippen LogP contribution in [0.5, 0.6) is 0 Å². The standard InChI is InChI=1S/C13H14N2O2/c1-10-4-2-3-5-11(10)7-15-8-12(14-9-16)6-13(15)17/h2-5,12H,6-8H2,1H3. The van der Waals surface area contributed by atoms with Crippen LogP contribution in [-0.2, 0) is 16.1 Å². The number of amides is 1. The largest absolute Gasteiger partial charge is 0.336 e. The van der Waals surface area contributed by atoms with Crippen molar-refractivity contribution in [2.45, 2.75) is 25.9 Å². The molecule has 1 aliphatic rings. The summed E-state index contributed by atoms with van der Waals surface area (Å²) in [5, 5.41) is 0. The molecule has 0 bridgehead atoms. The number of isocyanates is 1. The van der Waals surface area contributed by atoms with Gasteiger partial charge in [-0.25, -0.2) is 9.79 Å². The molecule has 1 aliphatic heterocycles. The highest BCUT2D eigenvalue weighted by molar-refractivity contribution is 5.79. The fourth-order valence-corrected chi connectivity index (χ4v) is 2.06. The average Bonchev–Trinajstić information content (AvgIpc) is 2.63. The predicted molar refractivity (Wildman–Crippen MR) is 63.1 cm³/mol. The molecule has 1 aromatic rings. The van der Waals surface area contributed by atoms with Gasteiger partial charge in [0.2, 0.25) is 12.0 Å². The van der Waals surface area contributed by atoms with Crippen LogP contribution in [0.2, 0.25) is 0 Å². The Morgan fingerprint density at radius 1 is 1.47 bits per heavy atom. The molecule has 1 saturated heterocycles. The highest BCUT2D eigenvalue weighted by atomic mass is 16.2. The number of rotatable bonds is 3. The zero-order chi connectivity index (χ0) is 12.3. The Kier molecular flexibility index (Phi) is 3.35. The molecular formula is C13H14N2O2. The van der Waals surface area contributed by atoms with E-state index in [1.807, 2.05) is 31.2 Å². The van der Waals surface area contributed by atoms with Gasteiger partial charge in [-0.05, 0) is 18.1 Å². The van der Waals surface area contributed by atoms with Crippen molar-refractivity contribution in [2.24, 2.45) is 4.99 Å². The fourth-order valence-electron chi connectivity index (χ4n) is 2.06. The summed E-state index contributed by atoms with van der Waals surface area (Å²) in [4.78, 5) is 27.2. The van der Waals surface area contributed by atoms with Crippen LogP contribution in [0, 0.1) is 6.92 Å². The van der Waals surface area contributed by atoms with E-state index in [-0.39, 0.29) is 11.9 Å². The van der Waals surface area contributed by atoms with Crippen molar-refractivity contribution >= 4 is 12.0 Å². The Hall–Kier alpha value is -1.93. The van der Waals surface area contributed by atoms with Crippen LogP contribution in [0.1, 0.15) is 17.5 Å². The minimum atomic E-state index is -0.219. The van der Waals surface area contributed by atoms with Gasteiger partial charge in [0.1, 0.15) is 0 Å². The molecule has 4 heteroatoms. The average molecular weight is 230 g/mol. The molecule has 0 N–H and O–H groups in total. The highest BCUT2D eigenvalue weighted by Crippen LogP contribution is 2.18. The third-order valence-corrected chi connectivity index (χ3v) is 3.05. The molecule has 0 radical (unpaired) electrons. The zero-order valence-corrected chi connectivity index (χ0v) is 9.72. The fraction of sp³-hybridized carbons (Fsp3) is 0.385. The Morgan fingerprint density at radius 2 is 2.24 bits per heavy atom. The van der Waals surface area contributed by atoms with Crippen LogP contribution in [0.15, 0.2) is 29.3 Å². The number of carbonyl (C=O) groups excluding carboxylic acids is 2. The summed E-state index contributed by atoms with van der Waals surface area (Å²) >= 11 is 0. The van der Waals surface area contributed by atoms with Gasteiger partial charge >= 0.3 is 0 Å². The monoisotopic (exact) mass is 230 g/mol. The molecule has 88 valence electrons. The maximum absolute atomic E-state index is 11.7. The highest BCUT2D eigenvalue weighted by Gasteiger charge is 2.29. The molecule has 0 aromatic heterocycles. The van der Waals surface area contributed by atoms with E-state index in [0.717, 1.165) is 5.56 Å². The summed E-state index contributed by atoms with van der Waals surface area (Å²) in [7, 11) is 0. The molecule has 1 aromatic carbocycles. The number of hydrogen-bond donors (Lipinski definition) is 0. The number of benzene rings is 1. The van der Waals surface area contributed by atoms with Crippen LogP contribution in [0.3, 0.4) is 0 Å². The lowest BCUT2D eigenvalue weighted by Crippen LogP contribution is -2.25. The van der Waals surface area contributed by atoms with E-state index in [0.29, 0.717) is 19.5 Å². The van der Waals surface area contributed by atoms with Crippen molar-refractivity contribution in [3.8, 4) is 0 Å². The maximum Gasteiger partial charge on any atom is 0.235 e. The summed E-state index contributed by atoms with van der Waals surface area (Å²) in [5.74, 6) is 0.0530. The van der Waals surface area contributed by atoms with Crippen molar-refractivity contribution < 1.29 is 9.59 Å². The van der Waals surface area contributed by atoms with Gasteiger partial charge in [-0.1, -0.05) is 24.3 Å². The van der Waals surface area contributed by atoms with E-state index in [1.165, 1.54) is 11.6 Å². The first-order chi connectivity index (χ1) is 8.20. The summed E-state index contributed by atoms with van der Waals surface area (Å²) in [6, 6.07) is 7.76. The molecule has 1 fully saturated rings. The van der Waals surface area contributed by atoms with E-state index in [4.69, 9.17) is 0 Å². The van der Waals surface area contributed by atoms with Crippen LogP contribution in [0.25, 0.3) is 0 Å². The minimum Gasteiger partial charge on any atom is -0.336 e. The summed E-state index contributed by atoms with van der Waals surface area (Å²) in [6.07, 6.45) is 1.84. The van der Waals surface area contributed by atoms with E-state index < -0.39 is 0 Å². The molecule has 0 spiro atoms. The van der Waals surface area contributed by atoms with E-state index in [2.05, 4.69) is 4.99 Å². The first kappa shape index (κ1) is 11.6. The quantitative estimate of drug-likeness (QED) is 0.582. The first-order valence-corrected chi connectivity index (χ1v) is 5.60. The zero-order valence-electron chi connectivity index (χ0n) is 9.72. The van der Waals surface area contributed by atoms with Gasteiger partial charge in [0, 0.05) is 13.1 Å². The van der Waals surface area contributed by atoms with Gasteiger partial charge in [-0.2, -0.15) is 0 Å². The van der Waals surface area contributed by atoms with Crippen molar-refractivity contribution in [1.29, 1.82) is 0 Å². The topological polar surface area (TPSA) is 49.7 Å². The summed E-state index contributed by atoms with van der Waals surface area (Å²) in [5.41, 5.74) is 2.30. The Bertz CT molecular complexity index is 478. The Morgan fingerprint density at radius 3 is 2.94 bits per heavy atom. The van der Waals surface area contributed by atoms with Crippen LogP contribution in [-0.4, -0.2) is 29.5 Å². The van der Waals surface area contributed by atoms with Crippen LogP contribution < -0.4 is 0 Å². The molecule has 2 rings (SSSR count). The summed E-state index contributed by atoms with van der Waals surface area (Å²) < 4.78 is 0. The number of likely N-dealkylation sites (tertiary alicyclic amines) is 1. The third kappa shape index (κ3) is 2.60. The van der Waals surface area contributed by atoms with Crippen molar-refractivity contribution in [3.05, 3.63) is 35.4 Å². The molecular weight excluding hydrogens is 216 g/mol. The van der Waals surface area contributed by atoms with Gasteiger partial charge in [0.05, 0.1) is 12.5 Å². The van der Waals surface area contributed by atoms with E-state index in [1.54, 1.807) is 4.90 Å². The number of aryl methyl sites for hydroxylation is 1. The molecule has 17 heavy (non-hydrogen) atoms. The van der Waals surface area contributed by atoms with Gasteiger partial charge in [-0.3, -0.25) is 4.79 Å². The van der Waals surface area contributed by atoms with E-state index in [9.17, 15) is 9.59 Å². The van der Waals surface area contributed by atoms with Crippen molar-refractivity contribution in [1.82, 2.24) is 4.90 Å². The molecule has 0 saturated carbocycles. The molecule has 4 nitrogen and oxygen atoms in total. The molecule has 1 amide bonds. The van der Waals surface area contributed by atoms with Gasteiger partial charge in [0.25, 0.3) is 0 Å². The van der Waals surface area contributed by atoms with Gasteiger partial charge < -0.3 is 4.90 Å². The number of hydrogen-bond acceptors (Lipinski definition) is 3. The van der Waals surface area contributed by atoms with Gasteiger partial charge in [-0.15, -0.1) is 0 Å². The second-order valence-electron chi connectivity index (χ2n) is 4.28. The minimum absolute atomic E-state index is 0.0530. The van der Waals surface area contributed by atoms with Gasteiger partial charge in [0.15, 0.2) is 0 Å². The van der Waals surface area contributed by atoms with Crippen LogP contribution in [0.4, 0.5) is 0 Å². The second-order valence-corrected chi connectivity index (χ2v) is 4.28. The molecule has 1 atom stereocenters. The lowest BCUT2D eigenvalue weighted by atomic mass is 10.1. The molecule has 0 aliphatic carbocycles. The smallest absolute Gasteiger partial charge is 0.235 e. The number of aliphatic imine (C=N–C) groups is 1. The number of carbonyl (C=O) groups is 1. The van der Waals surface area contributed by atoms with Crippen molar-refractivity contribution in [2.75, 3.05) is 6.54 Å². The third-order valence-electron chi connectivity index (χ3n) is 3.05. The molecule has 1 heterocycles. The lowest BCUT2D eigenvalue weighted by molar-refractivity contribution is -0.128. The maximum atomic E-state index is 11.7. The second kappa shape index (κ2) is 4.93. The lowest BCUT2D eigenvalue weighted by Gasteiger charge is -2.17.